The predicted molar refractivity (Wildman–Crippen MR) is 105 cm³/mol. The van der Waals surface area contributed by atoms with Crippen molar-refractivity contribution in [2.45, 2.75) is 11.4 Å². The summed E-state index contributed by atoms with van der Waals surface area (Å²) in [4.78, 5) is 7.02. The van der Waals surface area contributed by atoms with Crippen molar-refractivity contribution in [3.8, 4) is 0 Å². The number of pyridine rings is 1. The van der Waals surface area contributed by atoms with Gasteiger partial charge in [-0.05, 0) is 40.2 Å². The van der Waals surface area contributed by atoms with Gasteiger partial charge in [0.1, 0.15) is 4.90 Å². The third kappa shape index (κ3) is 3.18. The number of fused-ring (bicyclic) bond motifs is 1. The van der Waals surface area contributed by atoms with Crippen LogP contribution >= 0.6 is 15.9 Å². The first-order chi connectivity index (χ1) is 12.6. The molecule has 1 aliphatic heterocycles. The van der Waals surface area contributed by atoms with Crippen molar-refractivity contribution >= 4 is 37.0 Å². The van der Waals surface area contributed by atoms with Crippen molar-refractivity contribution in [1.29, 1.82) is 0 Å². The van der Waals surface area contributed by atoms with Gasteiger partial charge in [-0.2, -0.15) is 0 Å². The van der Waals surface area contributed by atoms with Crippen LogP contribution in [0, 0.1) is 0 Å². The second kappa shape index (κ2) is 7.11. The quantitative estimate of drug-likeness (QED) is 0.682. The summed E-state index contributed by atoms with van der Waals surface area (Å²) in [5, 5.41) is 3.33. The number of halogens is 1. The first-order valence-corrected chi connectivity index (χ1v) is 10.7. The number of hydrogen-bond acceptors (Lipinski definition) is 5. The zero-order valence-electron chi connectivity index (χ0n) is 14.1. The van der Waals surface area contributed by atoms with Gasteiger partial charge in [0.05, 0.1) is 11.0 Å². The van der Waals surface area contributed by atoms with Gasteiger partial charge in [0.25, 0.3) is 10.0 Å². The SMILES string of the molecule is O=S(=O)(c1ccccc1Br)n1cc(CN2CCNCC2)c2ncccc21. The van der Waals surface area contributed by atoms with E-state index in [1.807, 2.05) is 0 Å². The van der Waals surface area contributed by atoms with Gasteiger partial charge < -0.3 is 5.32 Å². The van der Waals surface area contributed by atoms with Crippen LogP contribution in [0.2, 0.25) is 0 Å². The van der Waals surface area contributed by atoms with Crippen LogP contribution in [0.15, 0.2) is 58.2 Å². The molecule has 1 saturated heterocycles. The van der Waals surface area contributed by atoms with E-state index < -0.39 is 10.0 Å². The van der Waals surface area contributed by atoms with Crippen LogP contribution in [0.3, 0.4) is 0 Å². The average Bonchev–Trinajstić information content (AvgIpc) is 3.02. The summed E-state index contributed by atoms with van der Waals surface area (Å²) < 4.78 is 28.4. The lowest BCUT2D eigenvalue weighted by Gasteiger charge is -2.26. The summed E-state index contributed by atoms with van der Waals surface area (Å²) in [5.41, 5.74) is 2.27. The largest absolute Gasteiger partial charge is 0.314 e. The molecule has 0 bridgehead atoms. The number of aromatic nitrogens is 2. The Morgan fingerprint density at radius 3 is 2.65 bits per heavy atom. The number of benzene rings is 1. The fraction of sp³-hybridized carbons (Fsp3) is 0.278. The molecule has 0 radical (unpaired) electrons. The van der Waals surface area contributed by atoms with Gasteiger partial charge in [-0.15, -0.1) is 0 Å². The maximum Gasteiger partial charge on any atom is 0.269 e. The van der Waals surface area contributed by atoms with Crippen LogP contribution in [-0.2, 0) is 16.6 Å². The molecule has 1 fully saturated rings. The van der Waals surface area contributed by atoms with Gasteiger partial charge in [0.2, 0.25) is 0 Å². The maximum atomic E-state index is 13.3. The number of nitrogens with zero attached hydrogens (tertiary/aromatic N) is 3. The highest BCUT2D eigenvalue weighted by atomic mass is 79.9. The molecule has 6 nitrogen and oxygen atoms in total. The van der Waals surface area contributed by atoms with E-state index in [4.69, 9.17) is 0 Å². The molecule has 1 N–H and O–H groups in total. The fourth-order valence-electron chi connectivity index (χ4n) is 3.28. The Balaban J connectivity index is 1.82. The highest BCUT2D eigenvalue weighted by Crippen LogP contribution is 2.29. The summed E-state index contributed by atoms with van der Waals surface area (Å²) in [6.07, 6.45) is 3.42. The topological polar surface area (TPSA) is 67.2 Å². The number of nitrogens with one attached hydrogen (secondary N) is 1. The van der Waals surface area contributed by atoms with Crippen molar-refractivity contribution in [2.75, 3.05) is 26.2 Å². The Kier molecular flexibility index (Phi) is 4.83. The van der Waals surface area contributed by atoms with Crippen LogP contribution in [0.1, 0.15) is 5.56 Å². The Labute approximate surface area is 161 Å². The molecule has 0 saturated carbocycles. The Morgan fingerprint density at radius 1 is 1.12 bits per heavy atom. The Bertz CT molecular complexity index is 1040. The van der Waals surface area contributed by atoms with E-state index >= 15 is 0 Å². The van der Waals surface area contributed by atoms with Crippen LogP contribution in [-0.4, -0.2) is 48.5 Å². The summed E-state index contributed by atoms with van der Waals surface area (Å²) in [5.74, 6) is 0. The number of rotatable bonds is 4. The molecule has 0 spiro atoms. The third-order valence-electron chi connectivity index (χ3n) is 4.58. The van der Waals surface area contributed by atoms with Crippen molar-refractivity contribution in [3.05, 3.63) is 58.8 Å². The first-order valence-electron chi connectivity index (χ1n) is 8.45. The minimum absolute atomic E-state index is 0.245. The molecule has 4 rings (SSSR count). The van der Waals surface area contributed by atoms with Gasteiger partial charge >= 0.3 is 0 Å². The van der Waals surface area contributed by atoms with Crippen molar-refractivity contribution in [3.63, 3.8) is 0 Å². The number of hydrogen-bond donors (Lipinski definition) is 1. The lowest BCUT2D eigenvalue weighted by atomic mass is 10.2. The van der Waals surface area contributed by atoms with E-state index in [0.717, 1.165) is 37.3 Å². The molecule has 8 heteroatoms. The van der Waals surface area contributed by atoms with Gasteiger partial charge in [-0.3, -0.25) is 9.88 Å². The molecule has 0 amide bonds. The minimum atomic E-state index is -3.72. The predicted octanol–water partition coefficient (Wildman–Crippen LogP) is 2.44. The molecule has 136 valence electrons. The molecular weight excluding hydrogens is 416 g/mol. The van der Waals surface area contributed by atoms with E-state index in [2.05, 4.69) is 31.1 Å². The van der Waals surface area contributed by atoms with E-state index in [1.54, 1.807) is 48.8 Å². The van der Waals surface area contributed by atoms with Crippen LogP contribution < -0.4 is 5.32 Å². The molecule has 3 heterocycles. The second-order valence-electron chi connectivity index (χ2n) is 6.28. The van der Waals surface area contributed by atoms with Crippen molar-refractivity contribution < 1.29 is 8.42 Å². The van der Waals surface area contributed by atoms with E-state index in [0.29, 0.717) is 16.5 Å². The normalized spacial score (nSPS) is 16.2. The molecule has 0 atom stereocenters. The van der Waals surface area contributed by atoms with Crippen LogP contribution in [0.5, 0.6) is 0 Å². The lowest BCUT2D eigenvalue weighted by Crippen LogP contribution is -2.42. The Hall–Kier alpha value is -1.74. The van der Waals surface area contributed by atoms with Gasteiger partial charge in [-0.1, -0.05) is 12.1 Å². The second-order valence-corrected chi connectivity index (χ2v) is 8.92. The minimum Gasteiger partial charge on any atom is -0.314 e. The highest BCUT2D eigenvalue weighted by molar-refractivity contribution is 9.10. The molecular formula is C18H19BrN4O2S. The summed E-state index contributed by atoms with van der Waals surface area (Å²) in [6, 6.07) is 10.4. The van der Waals surface area contributed by atoms with E-state index in [-0.39, 0.29) is 4.90 Å². The van der Waals surface area contributed by atoms with Gasteiger partial charge in [-0.25, -0.2) is 12.4 Å². The molecule has 1 aliphatic rings. The highest BCUT2D eigenvalue weighted by Gasteiger charge is 2.24. The summed E-state index contributed by atoms with van der Waals surface area (Å²) in [7, 11) is -3.72. The van der Waals surface area contributed by atoms with Crippen LogP contribution in [0.25, 0.3) is 11.0 Å². The fourth-order valence-corrected chi connectivity index (χ4v) is 5.63. The standard InChI is InChI=1S/C18H19BrN4O2S/c19-15-4-1-2-6-17(15)26(24,25)23-13-14(12-22-10-8-20-9-11-22)18-16(23)5-3-7-21-18/h1-7,13,20H,8-12H2. The summed E-state index contributed by atoms with van der Waals surface area (Å²) in [6.45, 7) is 4.46. The van der Waals surface area contributed by atoms with E-state index in [1.165, 1.54) is 3.97 Å². The van der Waals surface area contributed by atoms with Gasteiger partial charge in [0.15, 0.2) is 0 Å². The average molecular weight is 435 g/mol. The van der Waals surface area contributed by atoms with Crippen molar-refractivity contribution in [2.24, 2.45) is 0 Å². The van der Waals surface area contributed by atoms with Gasteiger partial charge in [0, 0.05) is 55.2 Å². The molecule has 2 aromatic heterocycles. The molecule has 1 aromatic carbocycles. The van der Waals surface area contributed by atoms with E-state index in [9.17, 15) is 8.42 Å². The third-order valence-corrected chi connectivity index (χ3v) is 7.26. The van der Waals surface area contributed by atoms with Crippen molar-refractivity contribution in [1.82, 2.24) is 19.2 Å². The molecule has 0 aliphatic carbocycles. The van der Waals surface area contributed by atoms with Crippen LogP contribution in [0.4, 0.5) is 0 Å². The zero-order chi connectivity index (χ0) is 18.1. The maximum absolute atomic E-state index is 13.3. The lowest BCUT2D eigenvalue weighted by molar-refractivity contribution is 0.234. The monoisotopic (exact) mass is 434 g/mol. The first kappa shape index (κ1) is 17.7. The smallest absolute Gasteiger partial charge is 0.269 e. The molecule has 26 heavy (non-hydrogen) atoms. The molecule has 0 unspecified atom stereocenters. The Morgan fingerprint density at radius 2 is 1.88 bits per heavy atom. The molecule has 3 aromatic rings. The number of piperazine rings is 1. The summed E-state index contributed by atoms with van der Waals surface area (Å²) >= 11 is 3.36. The zero-order valence-corrected chi connectivity index (χ0v) is 16.5.